The molecular formula is C14H19N3O3S. The maximum atomic E-state index is 12.2. The average molecular weight is 309 g/mol. The molecule has 0 amide bonds. The molecule has 2 heterocycles. The van der Waals surface area contributed by atoms with Gasteiger partial charge in [-0.2, -0.15) is 5.10 Å². The zero-order chi connectivity index (χ0) is 14.9. The van der Waals surface area contributed by atoms with E-state index in [4.69, 9.17) is 4.52 Å². The number of nitrogens with zero attached hydrogens (tertiary/aromatic N) is 3. The molecule has 1 saturated carbocycles. The maximum absolute atomic E-state index is 12.2. The summed E-state index contributed by atoms with van der Waals surface area (Å²) in [4.78, 5) is 0. The summed E-state index contributed by atoms with van der Waals surface area (Å²) in [5.74, 6) is 0.204. The van der Waals surface area contributed by atoms with E-state index in [-0.39, 0.29) is 11.5 Å². The third kappa shape index (κ3) is 3.34. The summed E-state index contributed by atoms with van der Waals surface area (Å²) < 4.78 is 31.3. The summed E-state index contributed by atoms with van der Waals surface area (Å²) in [7, 11) is -3.29. The summed E-state index contributed by atoms with van der Waals surface area (Å²) in [6, 6.07) is 3.93. The van der Waals surface area contributed by atoms with Gasteiger partial charge in [-0.1, -0.05) is 12.1 Å². The van der Waals surface area contributed by atoms with Crippen molar-refractivity contribution in [1.82, 2.24) is 14.9 Å². The van der Waals surface area contributed by atoms with Crippen molar-refractivity contribution in [1.29, 1.82) is 0 Å². The van der Waals surface area contributed by atoms with Crippen molar-refractivity contribution >= 4 is 9.84 Å². The lowest BCUT2D eigenvalue weighted by molar-refractivity contribution is 0.288. The van der Waals surface area contributed by atoms with Crippen LogP contribution in [0, 0.1) is 0 Å². The number of hydrogen-bond acceptors (Lipinski definition) is 5. The number of aromatic nitrogens is 3. The first-order valence-electron chi connectivity index (χ1n) is 7.24. The van der Waals surface area contributed by atoms with E-state index in [0.29, 0.717) is 17.5 Å². The molecule has 0 saturated heterocycles. The Balaban J connectivity index is 1.66. The van der Waals surface area contributed by atoms with Crippen LogP contribution in [0.3, 0.4) is 0 Å². The predicted molar refractivity (Wildman–Crippen MR) is 77.3 cm³/mol. The van der Waals surface area contributed by atoms with Crippen molar-refractivity contribution in [2.24, 2.45) is 0 Å². The summed E-state index contributed by atoms with van der Waals surface area (Å²) in [6.07, 6.45) is 6.09. The highest BCUT2D eigenvalue weighted by atomic mass is 32.2. The Bertz CT molecular complexity index is 713. The van der Waals surface area contributed by atoms with Gasteiger partial charge >= 0.3 is 0 Å². The molecule has 2 aromatic heterocycles. The molecule has 0 aromatic carbocycles. The molecule has 0 bridgehead atoms. The first-order chi connectivity index (χ1) is 10.1. The van der Waals surface area contributed by atoms with Crippen molar-refractivity contribution < 1.29 is 12.9 Å². The van der Waals surface area contributed by atoms with Crippen LogP contribution in [0.15, 0.2) is 22.9 Å². The Morgan fingerprint density at radius 1 is 1.33 bits per heavy atom. The standard InChI is InChI=1S/C14H19N3O3S/c1-2-11-8-14(20-16-11)10-21(18,19)9-12-6-7-17(15-12)13-4-3-5-13/h6-8,13H,2-5,9-10H2,1H3. The molecule has 0 unspecified atom stereocenters. The lowest BCUT2D eigenvalue weighted by Crippen LogP contribution is -2.17. The summed E-state index contributed by atoms with van der Waals surface area (Å²) in [5.41, 5.74) is 1.37. The molecule has 21 heavy (non-hydrogen) atoms. The van der Waals surface area contributed by atoms with Crippen molar-refractivity contribution in [3.05, 3.63) is 35.5 Å². The molecule has 0 atom stereocenters. The minimum Gasteiger partial charge on any atom is -0.360 e. The smallest absolute Gasteiger partial charge is 0.163 e. The van der Waals surface area contributed by atoms with Crippen LogP contribution in [0.2, 0.25) is 0 Å². The monoisotopic (exact) mass is 309 g/mol. The summed E-state index contributed by atoms with van der Waals surface area (Å²) in [6.45, 7) is 1.95. The third-order valence-electron chi connectivity index (χ3n) is 3.81. The van der Waals surface area contributed by atoms with Crippen LogP contribution in [0.4, 0.5) is 0 Å². The Morgan fingerprint density at radius 3 is 2.76 bits per heavy atom. The second-order valence-electron chi connectivity index (χ2n) is 5.54. The van der Waals surface area contributed by atoms with Gasteiger partial charge in [0.05, 0.1) is 23.2 Å². The van der Waals surface area contributed by atoms with E-state index in [2.05, 4.69) is 10.3 Å². The number of sulfone groups is 1. The molecule has 7 heteroatoms. The van der Waals surface area contributed by atoms with Crippen LogP contribution in [0.5, 0.6) is 0 Å². The van der Waals surface area contributed by atoms with Crippen LogP contribution in [0.25, 0.3) is 0 Å². The molecule has 0 radical (unpaired) electrons. The SMILES string of the molecule is CCc1cc(CS(=O)(=O)Cc2ccn(C3CCC3)n2)on1. The molecule has 3 rings (SSSR count). The normalized spacial score (nSPS) is 16.0. The predicted octanol–water partition coefficient (Wildman–Crippen LogP) is 2.27. The van der Waals surface area contributed by atoms with Crippen LogP contribution in [-0.2, 0) is 27.8 Å². The first-order valence-corrected chi connectivity index (χ1v) is 9.07. The summed E-state index contributed by atoms with van der Waals surface area (Å²) >= 11 is 0. The van der Waals surface area contributed by atoms with E-state index in [0.717, 1.165) is 25.0 Å². The quantitative estimate of drug-likeness (QED) is 0.818. The fourth-order valence-electron chi connectivity index (χ4n) is 2.39. The van der Waals surface area contributed by atoms with E-state index in [1.54, 1.807) is 12.1 Å². The fourth-order valence-corrected chi connectivity index (χ4v) is 3.67. The van der Waals surface area contributed by atoms with Crippen LogP contribution in [-0.4, -0.2) is 23.4 Å². The molecule has 114 valence electrons. The van der Waals surface area contributed by atoms with Crippen molar-refractivity contribution in [3.63, 3.8) is 0 Å². The van der Waals surface area contributed by atoms with E-state index in [9.17, 15) is 8.42 Å². The molecule has 1 aliphatic rings. The minimum absolute atomic E-state index is 0.0606. The molecule has 0 N–H and O–H groups in total. The molecule has 6 nitrogen and oxygen atoms in total. The van der Waals surface area contributed by atoms with E-state index < -0.39 is 9.84 Å². The number of rotatable bonds is 6. The van der Waals surface area contributed by atoms with Gasteiger partial charge in [-0.05, 0) is 31.7 Å². The van der Waals surface area contributed by atoms with Crippen LogP contribution >= 0.6 is 0 Å². The van der Waals surface area contributed by atoms with Gasteiger partial charge in [0.25, 0.3) is 0 Å². The molecule has 1 aliphatic carbocycles. The molecule has 0 aliphatic heterocycles. The van der Waals surface area contributed by atoms with E-state index >= 15 is 0 Å². The van der Waals surface area contributed by atoms with E-state index in [1.165, 1.54) is 6.42 Å². The maximum Gasteiger partial charge on any atom is 0.163 e. The van der Waals surface area contributed by atoms with Crippen molar-refractivity contribution in [2.45, 2.75) is 50.2 Å². The fraction of sp³-hybridized carbons (Fsp3) is 0.571. The van der Waals surface area contributed by atoms with Gasteiger partial charge in [-0.3, -0.25) is 4.68 Å². The zero-order valence-corrected chi connectivity index (χ0v) is 12.8. The van der Waals surface area contributed by atoms with Gasteiger partial charge in [-0.15, -0.1) is 0 Å². The van der Waals surface area contributed by atoms with Gasteiger partial charge in [-0.25, -0.2) is 8.42 Å². The first kappa shape index (κ1) is 14.3. The van der Waals surface area contributed by atoms with Gasteiger partial charge < -0.3 is 4.52 Å². The van der Waals surface area contributed by atoms with Crippen LogP contribution in [0.1, 0.15) is 49.4 Å². The molecule has 0 spiro atoms. The van der Waals surface area contributed by atoms with Gasteiger partial charge in [0.15, 0.2) is 15.6 Å². The van der Waals surface area contributed by atoms with Crippen molar-refractivity contribution in [3.8, 4) is 0 Å². The highest BCUT2D eigenvalue weighted by Crippen LogP contribution is 2.30. The largest absolute Gasteiger partial charge is 0.360 e. The van der Waals surface area contributed by atoms with Gasteiger partial charge in [0, 0.05) is 12.3 Å². The number of aryl methyl sites for hydroxylation is 1. The highest BCUT2D eigenvalue weighted by Gasteiger charge is 2.22. The topological polar surface area (TPSA) is 78.0 Å². The Morgan fingerprint density at radius 2 is 2.14 bits per heavy atom. The van der Waals surface area contributed by atoms with Crippen molar-refractivity contribution in [2.75, 3.05) is 0 Å². The van der Waals surface area contributed by atoms with E-state index in [1.807, 2.05) is 17.8 Å². The lowest BCUT2D eigenvalue weighted by atomic mass is 9.93. The molecule has 2 aromatic rings. The highest BCUT2D eigenvalue weighted by molar-refractivity contribution is 7.89. The Kier molecular flexibility index (Phi) is 3.84. The average Bonchev–Trinajstić information content (AvgIpc) is 2.96. The summed E-state index contributed by atoms with van der Waals surface area (Å²) in [5, 5.41) is 8.18. The zero-order valence-electron chi connectivity index (χ0n) is 12.0. The Hall–Kier alpha value is -1.63. The van der Waals surface area contributed by atoms with Crippen LogP contribution < -0.4 is 0 Å². The third-order valence-corrected chi connectivity index (χ3v) is 5.27. The second-order valence-corrected chi connectivity index (χ2v) is 7.61. The number of hydrogen-bond donors (Lipinski definition) is 0. The Labute approximate surface area is 124 Å². The van der Waals surface area contributed by atoms with Gasteiger partial charge in [0.2, 0.25) is 0 Å². The molecule has 1 fully saturated rings. The van der Waals surface area contributed by atoms with Gasteiger partial charge in [0.1, 0.15) is 5.75 Å². The lowest BCUT2D eigenvalue weighted by Gasteiger charge is -2.25. The second kappa shape index (κ2) is 5.63. The molecular weight excluding hydrogens is 290 g/mol. The minimum atomic E-state index is -3.29.